The zero-order valence-corrected chi connectivity index (χ0v) is 18.1. The normalized spacial score (nSPS) is 23.2. The highest BCUT2D eigenvalue weighted by Gasteiger charge is 2.40. The number of rotatable bonds is 5. The van der Waals surface area contributed by atoms with E-state index in [9.17, 15) is 0 Å². The highest BCUT2D eigenvalue weighted by atomic mass is 14.7. The summed E-state index contributed by atoms with van der Waals surface area (Å²) < 4.78 is 0. The van der Waals surface area contributed by atoms with Crippen LogP contribution in [0.5, 0.6) is 0 Å². The second-order valence-electron chi connectivity index (χ2n) is 9.08. The molecule has 29 heavy (non-hydrogen) atoms. The summed E-state index contributed by atoms with van der Waals surface area (Å²) in [6.07, 6.45) is 11.0. The fraction of sp³-hybridized carbons (Fsp3) is 0.444. The highest BCUT2D eigenvalue weighted by Crippen LogP contribution is 2.45. The van der Waals surface area contributed by atoms with Crippen molar-refractivity contribution < 1.29 is 0 Å². The predicted molar refractivity (Wildman–Crippen MR) is 123 cm³/mol. The summed E-state index contributed by atoms with van der Waals surface area (Å²) in [5, 5.41) is 2.61. The maximum absolute atomic E-state index is 6.72. The largest absolute Gasteiger partial charge is 0.327 e. The third kappa shape index (κ3) is 3.71. The van der Waals surface area contributed by atoms with E-state index in [1.54, 1.807) is 5.56 Å². The molecule has 1 aliphatic carbocycles. The second kappa shape index (κ2) is 8.28. The summed E-state index contributed by atoms with van der Waals surface area (Å²) in [6, 6.07) is 15.8. The van der Waals surface area contributed by atoms with Gasteiger partial charge in [0.2, 0.25) is 0 Å². The van der Waals surface area contributed by atoms with Gasteiger partial charge in [0, 0.05) is 29.2 Å². The molecule has 0 spiro atoms. The van der Waals surface area contributed by atoms with Gasteiger partial charge in [0.25, 0.3) is 0 Å². The maximum atomic E-state index is 6.72. The Hall–Kier alpha value is -2.19. The monoisotopic (exact) mass is 386 g/mol. The zero-order valence-electron chi connectivity index (χ0n) is 18.1. The molecule has 2 N–H and O–H groups in total. The molecule has 0 aliphatic heterocycles. The lowest BCUT2D eigenvalue weighted by atomic mass is 9.61. The molecule has 2 nitrogen and oxygen atoms in total. The molecule has 0 amide bonds. The van der Waals surface area contributed by atoms with Crippen LogP contribution in [0, 0.1) is 19.8 Å². The summed E-state index contributed by atoms with van der Waals surface area (Å²) in [5.41, 5.74) is 12.7. The number of hydrogen-bond donors (Lipinski definition) is 1. The molecule has 1 fully saturated rings. The number of fused-ring (bicyclic) bond motifs is 1. The Balaban J connectivity index is 1.56. The van der Waals surface area contributed by atoms with Crippen LogP contribution in [0.15, 0.2) is 54.9 Å². The van der Waals surface area contributed by atoms with E-state index >= 15 is 0 Å². The Morgan fingerprint density at radius 2 is 1.83 bits per heavy atom. The molecular formula is C27H34N2. The number of benzene rings is 2. The van der Waals surface area contributed by atoms with Gasteiger partial charge in [-0.25, -0.2) is 0 Å². The first kappa shape index (κ1) is 20.1. The van der Waals surface area contributed by atoms with Crippen molar-refractivity contribution in [2.75, 3.05) is 0 Å². The molecule has 1 aliphatic rings. The van der Waals surface area contributed by atoms with Crippen LogP contribution < -0.4 is 5.73 Å². The molecule has 0 saturated heterocycles. The molecule has 4 rings (SSSR count). The van der Waals surface area contributed by atoms with Crippen molar-refractivity contribution in [3.05, 3.63) is 77.1 Å². The lowest BCUT2D eigenvalue weighted by molar-refractivity contribution is 0.191. The van der Waals surface area contributed by atoms with E-state index in [1.807, 2.05) is 12.4 Å². The molecule has 2 heteroatoms. The van der Waals surface area contributed by atoms with Crippen molar-refractivity contribution in [2.45, 2.75) is 70.8 Å². The van der Waals surface area contributed by atoms with Crippen molar-refractivity contribution in [3.8, 4) is 0 Å². The van der Waals surface area contributed by atoms with Gasteiger partial charge in [0.15, 0.2) is 0 Å². The fourth-order valence-corrected chi connectivity index (χ4v) is 5.68. The van der Waals surface area contributed by atoms with Gasteiger partial charge in [0.05, 0.1) is 0 Å². The van der Waals surface area contributed by atoms with Crippen LogP contribution in [0.2, 0.25) is 0 Å². The number of nitrogens with two attached hydrogens (primary N) is 1. The van der Waals surface area contributed by atoms with Crippen molar-refractivity contribution >= 4 is 10.8 Å². The Morgan fingerprint density at radius 1 is 1.10 bits per heavy atom. The van der Waals surface area contributed by atoms with E-state index in [-0.39, 0.29) is 11.5 Å². The summed E-state index contributed by atoms with van der Waals surface area (Å²) in [7, 11) is 0. The first-order valence-electron chi connectivity index (χ1n) is 11.2. The van der Waals surface area contributed by atoms with Crippen LogP contribution in [0.3, 0.4) is 0 Å². The Bertz CT molecular complexity index is 968. The average Bonchev–Trinajstić information content (AvgIpc) is 2.77. The fourth-order valence-electron chi connectivity index (χ4n) is 5.68. The number of pyridine rings is 1. The molecule has 152 valence electrons. The molecule has 1 atom stereocenters. The van der Waals surface area contributed by atoms with Crippen molar-refractivity contribution in [1.29, 1.82) is 0 Å². The van der Waals surface area contributed by atoms with Crippen LogP contribution in [0.1, 0.15) is 61.3 Å². The predicted octanol–water partition coefficient (Wildman–Crippen LogP) is 6.26. The van der Waals surface area contributed by atoms with E-state index in [2.05, 4.69) is 68.2 Å². The van der Waals surface area contributed by atoms with Crippen LogP contribution in [0.4, 0.5) is 0 Å². The van der Waals surface area contributed by atoms with E-state index in [0.717, 1.165) is 12.3 Å². The minimum atomic E-state index is 0.144. The molecule has 0 radical (unpaired) electrons. The van der Waals surface area contributed by atoms with Gasteiger partial charge in [0.1, 0.15) is 0 Å². The first-order chi connectivity index (χ1) is 14.0. The van der Waals surface area contributed by atoms with E-state index in [4.69, 9.17) is 5.73 Å². The smallest absolute Gasteiger partial charge is 0.0346 e. The van der Waals surface area contributed by atoms with Gasteiger partial charge in [-0.15, -0.1) is 0 Å². The first-order valence-corrected chi connectivity index (χ1v) is 11.2. The van der Waals surface area contributed by atoms with Crippen LogP contribution in [0.25, 0.3) is 10.8 Å². The van der Waals surface area contributed by atoms with Crippen LogP contribution in [-0.2, 0) is 11.8 Å². The lowest BCUT2D eigenvalue weighted by Gasteiger charge is -2.45. The number of nitrogens with zero attached hydrogens (tertiary/aromatic N) is 1. The van der Waals surface area contributed by atoms with E-state index in [1.165, 1.54) is 59.6 Å². The topological polar surface area (TPSA) is 38.9 Å². The molecular weight excluding hydrogens is 352 g/mol. The Kier molecular flexibility index (Phi) is 5.74. The van der Waals surface area contributed by atoms with Crippen LogP contribution in [-0.4, -0.2) is 11.0 Å². The molecule has 1 saturated carbocycles. The highest BCUT2D eigenvalue weighted by molar-refractivity contribution is 5.86. The summed E-state index contributed by atoms with van der Waals surface area (Å²) in [4.78, 5) is 4.30. The standard InChI is InChI=1S/C27H34N2/c1-4-26(28)27(23-8-6-5-7-9-23)13-10-21(11-14-27)17-25-19(2)16-22-18-29-15-12-24(22)20(25)3/h5-9,12,15-16,18,21,26H,4,10-11,13-14,17,28H2,1-3H3. The van der Waals surface area contributed by atoms with Crippen molar-refractivity contribution in [2.24, 2.45) is 11.7 Å². The Morgan fingerprint density at radius 3 is 2.52 bits per heavy atom. The maximum Gasteiger partial charge on any atom is 0.0346 e. The van der Waals surface area contributed by atoms with Crippen molar-refractivity contribution in [3.63, 3.8) is 0 Å². The zero-order chi connectivity index (χ0) is 20.4. The third-order valence-electron chi connectivity index (χ3n) is 7.55. The quantitative estimate of drug-likeness (QED) is 0.562. The van der Waals surface area contributed by atoms with Gasteiger partial charge in [-0.3, -0.25) is 4.98 Å². The number of aromatic nitrogens is 1. The van der Waals surface area contributed by atoms with E-state index < -0.39 is 0 Å². The number of hydrogen-bond acceptors (Lipinski definition) is 2. The molecule has 1 aromatic heterocycles. The summed E-state index contributed by atoms with van der Waals surface area (Å²) >= 11 is 0. The molecule has 3 aromatic rings. The lowest BCUT2D eigenvalue weighted by Crippen LogP contribution is -2.47. The minimum absolute atomic E-state index is 0.144. The van der Waals surface area contributed by atoms with Crippen LogP contribution >= 0.6 is 0 Å². The molecule has 0 bridgehead atoms. The summed E-state index contributed by atoms with van der Waals surface area (Å²) in [5.74, 6) is 0.743. The van der Waals surface area contributed by atoms with E-state index in [0.29, 0.717) is 0 Å². The minimum Gasteiger partial charge on any atom is -0.327 e. The van der Waals surface area contributed by atoms with Crippen molar-refractivity contribution in [1.82, 2.24) is 4.98 Å². The molecule has 1 heterocycles. The second-order valence-corrected chi connectivity index (χ2v) is 9.08. The SMILES string of the molecule is CCC(N)C1(c2ccccc2)CCC(Cc2c(C)cc3cnccc3c2C)CC1. The van der Waals surface area contributed by atoms with Gasteiger partial charge in [-0.2, -0.15) is 0 Å². The van der Waals surface area contributed by atoms with Gasteiger partial charge < -0.3 is 5.73 Å². The van der Waals surface area contributed by atoms with Gasteiger partial charge in [-0.1, -0.05) is 37.3 Å². The summed E-state index contributed by atoms with van der Waals surface area (Å²) in [6.45, 7) is 6.78. The molecule has 1 unspecified atom stereocenters. The van der Waals surface area contributed by atoms with Gasteiger partial charge >= 0.3 is 0 Å². The number of aryl methyl sites for hydroxylation is 2. The average molecular weight is 387 g/mol. The third-order valence-corrected chi connectivity index (χ3v) is 7.55. The van der Waals surface area contributed by atoms with Gasteiger partial charge in [-0.05, 0) is 98.1 Å². The molecule has 2 aromatic carbocycles. The Labute approximate surface area is 175 Å².